The van der Waals surface area contributed by atoms with Gasteiger partial charge in [0.25, 0.3) is 0 Å². The number of nitrogens with zero attached hydrogens (tertiary/aromatic N) is 2. The smallest absolute Gasteiger partial charge is 0.0959 e. The summed E-state index contributed by atoms with van der Waals surface area (Å²) in [6.45, 7) is 11.7. The molecule has 0 atom stereocenters. The van der Waals surface area contributed by atoms with Crippen LogP contribution in [0.4, 0.5) is 0 Å². The van der Waals surface area contributed by atoms with Crippen LogP contribution >= 0.6 is 0 Å². The van der Waals surface area contributed by atoms with Gasteiger partial charge in [0, 0.05) is 35.8 Å². The summed E-state index contributed by atoms with van der Waals surface area (Å²) in [5.74, 6) is 0.741. The van der Waals surface area contributed by atoms with E-state index in [0.29, 0.717) is 5.71 Å². The van der Waals surface area contributed by atoms with Crippen molar-refractivity contribution in [1.29, 1.82) is 5.41 Å². The second-order valence-electron chi connectivity index (χ2n) is 10.4. The molecule has 0 unspecified atom stereocenters. The fraction of sp³-hybridized carbons (Fsp3) is 0.448. The van der Waals surface area contributed by atoms with Crippen LogP contribution in [0.1, 0.15) is 77.8 Å². The van der Waals surface area contributed by atoms with Crippen molar-refractivity contribution >= 4 is 22.3 Å². The lowest BCUT2D eigenvalue weighted by Crippen LogP contribution is -2.13. The highest BCUT2D eigenvalue weighted by Gasteiger charge is 2.19. The van der Waals surface area contributed by atoms with E-state index >= 15 is 0 Å². The number of hydrogen-bond acceptors (Lipinski definition) is 2. The van der Waals surface area contributed by atoms with Gasteiger partial charge in [0.1, 0.15) is 0 Å². The summed E-state index contributed by atoms with van der Waals surface area (Å²) in [4.78, 5) is 4.94. The summed E-state index contributed by atoms with van der Waals surface area (Å²) < 4.78 is 2.43. The van der Waals surface area contributed by atoms with E-state index in [2.05, 4.69) is 61.9 Å². The number of pyridine rings is 1. The van der Waals surface area contributed by atoms with Gasteiger partial charge in [-0.2, -0.15) is 0 Å². The van der Waals surface area contributed by atoms with Gasteiger partial charge in [-0.05, 0) is 60.8 Å². The molecule has 3 aromatic rings. The molecule has 0 saturated heterocycles. The molecule has 0 bridgehead atoms. The molecule has 1 fully saturated rings. The number of fused-ring (bicyclic) bond motifs is 1. The Kier molecular flexibility index (Phi) is 6.37. The molecule has 1 aliphatic carbocycles. The molecule has 0 aliphatic heterocycles. The fourth-order valence-electron chi connectivity index (χ4n) is 5.07. The van der Waals surface area contributed by atoms with Gasteiger partial charge < -0.3 is 9.98 Å². The first kappa shape index (κ1) is 22.5. The van der Waals surface area contributed by atoms with Gasteiger partial charge in [0.05, 0.1) is 11.0 Å². The zero-order chi connectivity index (χ0) is 22.9. The second-order valence-corrected chi connectivity index (χ2v) is 10.4. The molecule has 32 heavy (non-hydrogen) atoms. The van der Waals surface area contributed by atoms with Gasteiger partial charge in [0.2, 0.25) is 0 Å². The Balaban J connectivity index is 1.81. The lowest BCUT2D eigenvalue weighted by molar-refractivity contribution is 0.322. The molecule has 0 spiro atoms. The van der Waals surface area contributed by atoms with Gasteiger partial charge in [0.15, 0.2) is 0 Å². The first-order valence-corrected chi connectivity index (χ1v) is 12.1. The molecule has 1 aliphatic rings. The lowest BCUT2D eigenvalue weighted by atomic mass is 9.86. The largest absolute Gasteiger partial charge is 0.345 e. The van der Waals surface area contributed by atoms with Crippen molar-refractivity contribution < 1.29 is 0 Å². The molecule has 2 aromatic heterocycles. The molecule has 4 rings (SSSR count). The van der Waals surface area contributed by atoms with Crippen LogP contribution in [0.25, 0.3) is 27.7 Å². The van der Waals surface area contributed by atoms with Crippen LogP contribution in [0.15, 0.2) is 48.8 Å². The number of hydrogen-bond donors (Lipinski definition) is 1. The SMILES string of the molecule is C/C=C(/C(C)=N)c1cnc2c(-c3ccc(C(C)(C)C)cc3)cn(CC3CCCCC3)c2c1. The van der Waals surface area contributed by atoms with Crippen LogP contribution in [0.5, 0.6) is 0 Å². The number of aromatic nitrogens is 2. The van der Waals surface area contributed by atoms with Crippen molar-refractivity contribution in [3.05, 3.63) is 59.9 Å². The van der Waals surface area contributed by atoms with Crippen LogP contribution in [-0.2, 0) is 12.0 Å². The number of benzene rings is 1. The Hall–Kier alpha value is -2.68. The van der Waals surface area contributed by atoms with Crippen molar-refractivity contribution in [1.82, 2.24) is 9.55 Å². The average molecular weight is 428 g/mol. The number of rotatable bonds is 5. The van der Waals surface area contributed by atoms with Gasteiger partial charge in [-0.25, -0.2) is 0 Å². The Labute approximate surface area is 193 Å². The normalized spacial score (nSPS) is 16.0. The summed E-state index contributed by atoms with van der Waals surface area (Å²) in [6, 6.07) is 11.2. The van der Waals surface area contributed by atoms with Crippen LogP contribution in [0, 0.1) is 11.3 Å². The molecular formula is C29H37N3. The molecular weight excluding hydrogens is 390 g/mol. The van der Waals surface area contributed by atoms with Gasteiger partial charge in [-0.3, -0.25) is 4.98 Å². The minimum absolute atomic E-state index is 0.147. The lowest BCUT2D eigenvalue weighted by Gasteiger charge is -2.22. The first-order valence-electron chi connectivity index (χ1n) is 12.1. The van der Waals surface area contributed by atoms with Crippen molar-refractivity contribution in [2.75, 3.05) is 0 Å². The summed E-state index contributed by atoms with van der Waals surface area (Å²) in [6.07, 6.45) is 13.0. The van der Waals surface area contributed by atoms with Crippen LogP contribution in [-0.4, -0.2) is 15.3 Å². The van der Waals surface area contributed by atoms with Crippen molar-refractivity contribution in [2.45, 2.75) is 78.7 Å². The van der Waals surface area contributed by atoms with Crippen LogP contribution < -0.4 is 0 Å². The monoisotopic (exact) mass is 427 g/mol. The summed E-state index contributed by atoms with van der Waals surface area (Å²) in [5, 5.41) is 8.16. The van der Waals surface area contributed by atoms with Crippen LogP contribution in [0.3, 0.4) is 0 Å². The van der Waals surface area contributed by atoms with E-state index in [9.17, 15) is 0 Å². The van der Waals surface area contributed by atoms with E-state index in [1.54, 1.807) is 0 Å². The maximum atomic E-state index is 8.16. The molecule has 2 heterocycles. The molecule has 1 aromatic carbocycles. The first-order chi connectivity index (χ1) is 15.3. The Morgan fingerprint density at radius 3 is 2.41 bits per heavy atom. The Morgan fingerprint density at radius 1 is 1.12 bits per heavy atom. The molecule has 1 saturated carbocycles. The van der Waals surface area contributed by atoms with Gasteiger partial charge >= 0.3 is 0 Å². The zero-order valence-corrected chi connectivity index (χ0v) is 20.3. The third-order valence-corrected chi connectivity index (χ3v) is 6.96. The van der Waals surface area contributed by atoms with E-state index in [-0.39, 0.29) is 5.41 Å². The summed E-state index contributed by atoms with van der Waals surface area (Å²) in [5.41, 5.74) is 8.74. The average Bonchev–Trinajstić information content (AvgIpc) is 3.12. The fourth-order valence-corrected chi connectivity index (χ4v) is 5.07. The zero-order valence-electron chi connectivity index (χ0n) is 20.3. The van der Waals surface area contributed by atoms with Crippen LogP contribution in [0.2, 0.25) is 0 Å². The van der Waals surface area contributed by atoms with Gasteiger partial charge in [-0.15, -0.1) is 0 Å². The maximum absolute atomic E-state index is 8.16. The number of nitrogens with one attached hydrogen (secondary N) is 1. The van der Waals surface area contributed by atoms with Crippen molar-refractivity contribution in [2.24, 2.45) is 5.92 Å². The number of allylic oxidation sites excluding steroid dienone is 2. The molecule has 3 heteroatoms. The van der Waals surface area contributed by atoms with E-state index < -0.39 is 0 Å². The molecule has 168 valence electrons. The van der Waals surface area contributed by atoms with Crippen molar-refractivity contribution in [3.63, 3.8) is 0 Å². The third kappa shape index (κ3) is 4.57. The highest BCUT2D eigenvalue weighted by molar-refractivity contribution is 6.21. The minimum Gasteiger partial charge on any atom is -0.345 e. The molecule has 0 amide bonds. The second kappa shape index (κ2) is 9.05. The summed E-state index contributed by atoms with van der Waals surface area (Å²) >= 11 is 0. The maximum Gasteiger partial charge on any atom is 0.0959 e. The van der Waals surface area contributed by atoms with Gasteiger partial charge in [-0.1, -0.05) is 70.4 Å². The van der Waals surface area contributed by atoms with E-state index in [1.807, 2.05) is 26.1 Å². The van der Waals surface area contributed by atoms with E-state index in [1.165, 1.54) is 54.3 Å². The standard InChI is InChI=1S/C29H37N3/c1-6-25(20(2)30)23-16-27-28(31-17-23)26(19-32(27)18-21-10-8-7-9-11-21)22-12-14-24(15-13-22)29(3,4)5/h6,12-17,19,21,30H,7-11,18H2,1-5H3/b25-6-,30-20?. The predicted molar refractivity (Wildman–Crippen MR) is 137 cm³/mol. The van der Waals surface area contributed by atoms with E-state index in [4.69, 9.17) is 10.4 Å². The highest BCUT2D eigenvalue weighted by atomic mass is 15.0. The predicted octanol–water partition coefficient (Wildman–Crippen LogP) is 8.02. The minimum atomic E-state index is 0.147. The quantitative estimate of drug-likeness (QED) is 0.411. The Morgan fingerprint density at radius 2 is 1.81 bits per heavy atom. The van der Waals surface area contributed by atoms with E-state index in [0.717, 1.165) is 29.1 Å². The third-order valence-electron chi connectivity index (χ3n) is 6.96. The topological polar surface area (TPSA) is 41.7 Å². The molecule has 3 nitrogen and oxygen atoms in total. The highest BCUT2D eigenvalue weighted by Crippen LogP contribution is 2.34. The molecule has 1 N–H and O–H groups in total. The Bertz CT molecular complexity index is 1130. The summed E-state index contributed by atoms with van der Waals surface area (Å²) in [7, 11) is 0. The molecule has 0 radical (unpaired) electrons. The van der Waals surface area contributed by atoms with Crippen molar-refractivity contribution in [3.8, 4) is 11.1 Å².